The van der Waals surface area contributed by atoms with E-state index >= 15 is 0 Å². The Morgan fingerprint density at radius 1 is 1.40 bits per heavy atom. The largest absolute Gasteiger partial charge is 0.445 e. The molecule has 1 aromatic carbocycles. The number of aliphatic hydroxyl groups excluding tert-OH is 1. The number of carbonyl (C=O) groups is 1. The Labute approximate surface area is 119 Å². The molecule has 0 radical (unpaired) electrons. The molecular formula is C15H21NO4. The first kappa shape index (κ1) is 14.8. The lowest BCUT2D eigenvalue weighted by atomic mass is 9.94. The third-order valence-electron chi connectivity index (χ3n) is 3.72. The maximum Gasteiger partial charge on any atom is 0.410 e. The minimum atomic E-state index is -0.649. The molecule has 0 aromatic heterocycles. The van der Waals surface area contributed by atoms with Crippen LogP contribution in [0.15, 0.2) is 30.3 Å². The van der Waals surface area contributed by atoms with Crippen molar-refractivity contribution in [1.29, 1.82) is 0 Å². The topological polar surface area (TPSA) is 59.0 Å². The van der Waals surface area contributed by atoms with Gasteiger partial charge in [-0.15, -0.1) is 0 Å². The van der Waals surface area contributed by atoms with Crippen LogP contribution >= 0.6 is 0 Å². The fourth-order valence-corrected chi connectivity index (χ4v) is 2.42. The van der Waals surface area contributed by atoms with Gasteiger partial charge in [-0.05, 0) is 18.4 Å². The van der Waals surface area contributed by atoms with E-state index in [2.05, 4.69) is 0 Å². The van der Waals surface area contributed by atoms with Gasteiger partial charge in [-0.25, -0.2) is 4.79 Å². The van der Waals surface area contributed by atoms with Crippen molar-refractivity contribution >= 4 is 6.09 Å². The number of nitrogens with zero attached hydrogens (tertiary/aromatic N) is 1. The second kappa shape index (κ2) is 6.72. The molecule has 1 unspecified atom stereocenters. The molecule has 5 heteroatoms. The fourth-order valence-electron chi connectivity index (χ4n) is 2.42. The number of benzene rings is 1. The summed E-state index contributed by atoms with van der Waals surface area (Å²) in [6, 6.07) is 9.56. The SMILES string of the molecule is COC1(CO)CCCN(C(=O)OCc2ccccc2)C1. The molecular weight excluding hydrogens is 258 g/mol. The van der Waals surface area contributed by atoms with Crippen LogP contribution in [0.3, 0.4) is 0 Å². The predicted octanol–water partition coefficient (Wildman–Crippen LogP) is 1.80. The molecule has 1 fully saturated rings. The van der Waals surface area contributed by atoms with Crippen molar-refractivity contribution < 1.29 is 19.4 Å². The number of likely N-dealkylation sites (tertiary alicyclic amines) is 1. The molecule has 1 N–H and O–H groups in total. The van der Waals surface area contributed by atoms with Crippen molar-refractivity contribution in [2.75, 3.05) is 26.8 Å². The van der Waals surface area contributed by atoms with Crippen molar-refractivity contribution in [2.45, 2.75) is 25.0 Å². The van der Waals surface area contributed by atoms with E-state index in [1.807, 2.05) is 30.3 Å². The molecule has 1 aliphatic rings. The lowest BCUT2D eigenvalue weighted by Gasteiger charge is -2.40. The van der Waals surface area contributed by atoms with Crippen LogP contribution in [0, 0.1) is 0 Å². The van der Waals surface area contributed by atoms with Gasteiger partial charge in [0.25, 0.3) is 0 Å². The number of aliphatic hydroxyl groups is 1. The second-order valence-corrected chi connectivity index (χ2v) is 5.11. The monoisotopic (exact) mass is 279 g/mol. The van der Waals surface area contributed by atoms with E-state index < -0.39 is 5.60 Å². The molecule has 1 heterocycles. The van der Waals surface area contributed by atoms with Crippen LogP contribution in [0.1, 0.15) is 18.4 Å². The maximum atomic E-state index is 12.1. The standard InChI is InChI=1S/C15H21NO4/c1-19-15(12-17)8-5-9-16(11-15)14(18)20-10-13-6-3-2-4-7-13/h2-4,6-7,17H,5,8-12H2,1H3. The molecule has 1 aromatic rings. The van der Waals surface area contributed by atoms with Crippen LogP contribution < -0.4 is 0 Å². The average Bonchev–Trinajstić information content (AvgIpc) is 2.53. The molecule has 5 nitrogen and oxygen atoms in total. The Hall–Kier alpha value is -1.59. The highest BCUT2D eigenvalue weighted by Gasteiger charge is 2.37. The van der Waals surface area contributed by atoms with E-state index in [1.54, 1.807) is 12.0 Å². The fraction of sp³-hybridized carbons (Fsp3) is 0.533. The third-order valence-corrected chi connectivity index (χ3v) is 3.72. The lowest BCUT2D eigenvalue weighted by molar-refractivity contribution is -0.0917. The van der Waals surface area contributed by atoms with Crippen LogP contribution in [0.5, 0.6) is 0 Å². The summed E-state index contributed by atoms with van der Waals surface area (Å²) in [5.74, 6) is 0. The van der Waals surface area contributed by atoms with E-state index in [1.165, 1.54) is 0 Å². The van der Waals surface area contributed by atoms with Gasteiger partial charge in [0.15, 0.2) is 0 Å². The zero-order valence-electron chi connectivity index (χ0n) is 11.7. The Bertz CT molecular complexity index is 431. The Balaban J connectivity index is 1.89. The van der Waals surface area contributed by atoms with Gasteiger partial charge in [0.2, 0.25) is 0 Å². The summed E-state index contributed by atoms with van der Waals surface area (Å²) in [7, 11) is 1.56. The minimum absolute atomic E-state index is 0.0913. The highest BCUT2D eigenvalue weighted by atomic mass is 16.6. The Morgan fingerprint density at radius 2 is 2.15 bits per heavy atom. The molecule has 0 spiro atoms. The highest BCUT2D eigenvalue weighted by Crippen LogP contribution is 2.24. The minimum Gasteiger partial charge on any atom is -0.445 e. The first-order valence-corrected chi connectivity index (χ1v) is 6.81. The maximum absolute atomic E-state index is 12.1. The summed E-state index contributed by atoms with van der Waals surface area (Å²) in [5, 5.41) is 9.45. The second-order valence-electron chi connectivity index (χ2n) is 5.11. The van der Waals surface area contributed by atoms with Crippen molar-refractivity contribution in [1.82, 2.24) is 4.90 Å². The van der Waals surface area contributed by atoms with Crippen LogP contribution in [0.4, 0.5) is 4.79 Å². The van der Waals surface area contributed by atoms with Gasteiger partial charge < -0.3 is 19.5 Å². The number of methoxy groups -OCH3 is 1. The van der Waals surface area contributed by atoms with Crippen molar-refractivity contribution in [3.63, 3.8) is 0 Å². The molecule has 0 saturated carbocycles. The molecule has 1 aliphatic heterocycles. The first-order valence-electron chi connectivity index (χ1n) is 6.81. The number of ether oxygens (including phenoxy) is 2. The van der Waals surface area contributed by atoms with Gasteiger partial charge >= 0.3 is 6.09 Å². The van der Waals surface area contributed by atoms with E-state index in [0.29, 0.717) is 13.1 Å². The molecule has 0 aliphatic carbocycles. The summed E-state index contributed by atoms with van der Waals surface area (Å²) in [6.45, 7) is 1.17. The average molecular weight is 279 g/mol. The lowest BCUT2D eigenvalue weighted by Crippen LogP contribution is -2.53. The molecule has 0 bridgehead atoms. The van der Waals surface area contributed by atoms with Crippen molar-refractivity contribution in [3.8, 4) is 0 Å². The van der Waals surface area contributed by atoms with Gasteiger partial charge in [-0.1, -0.05) is 30.3 Å². The zero-order valence-corrected chi connectivity index (χ0v) is 11.7. The van der Waals surface area contributed by atoms with Crippen molar-refractivity contribution in [3.05, 3.63) is 35.9 Å². The van der Waals surface area contributed by atoms with E-state index in [-0.39, 0.29) is 19.3 Å². The number of amides is 1. The molecule has 1 saturated heterocycles. The first-order chi connectivity index (χ1) is 9.69. The molecule has 110 valence electrons. The zero-order chi connectivity index (χ0) is 14.4. The summed E-state index contributed by atoms with van der Waals surface area (Å²) in [6.07, 6.45) is 1.19. The van der Waals surface area contributed by atoms with Gasteiger partial charge in [-0.3, -0.25) is 0 Å². The molecule has 1 amide bonds. The predicted molar refractivity (Wildman–Crippen MR) is 74.3 cm³/mol. The number of piperidine rings is 1. The molecule has 2 rings (SSSR count). The molecule has 20 heavy (non-hydrogen) atoms. The highest BCUT2D eigenvalue weighted by molar-refractivity contribution is 5.68. The number of hydrogen-bond acceptors (Lipinski definition) is 4. The quantitative estimate of drug-likeness (QED) is 0.913. The van der Waals surface area contributed by atoms with Crippen molar-refractivity contribution in [2.24, 2.45) is 0 Å². The van der Waals surface area contributed by atoms with Crippen LogP contribution in [-0.2, 0) is 16.1 Å². The van der Waals surface area contributed by atoms with E-state index in [0.717, 1.165) is 18.4 Å². The van der Waals surface area contributed by atoms with Crippen LogP contribution in [-0.4, -0.2) is 48.5 Å². The Kier molecular flexibility index (Phi) is 4.98. The number of rotatable bonds is 4. The summed E-state index contributed by atoms with van der Waals surface area (Å²) >= 11 is 0. The number of hydrogen-bond donors (Lipinski definition) is 1. The van der Waals surface area contributed by atoms with Gasteiger partial charge in [0.05, 0.1) is 13.2 Å². The van der Waals surface area contributed by atoms with E-state index in [4.69, 9.17) is 9.47 Å². The summed E-state index contributed by atoms with van der Waals surface area (Å²) < 4.78 is 10.7. The van der Waals surface area contributed by atoms with Gasteiger partial charge in [0.1, 0.15) is 12.2 Å². The summed E-state index contributed by atoms with van der Waals surface area (Å²) in [4.78, 5) is 13.7. The van der Waals surface area contributed by atoms with Gasteiger partial charge in [-0.2, -0.15) is 0 Å². The van der Waals surface area contributed by atoms with Gasteiger partial charge in [0, 0.05) is 13.7 Å². The normalized spacial score (nSPS) is 22.6. The third kappa shape index (κ3) is 3.49. The smallest absolute Gasteiger partial charge is 0.410 e. The summed E-state index contributed by atoms with van der Waals surface area (Å²) in [5.41, 5.74) is 0.308. The van der Waals surface area contributed by atoms with Crippen LogP contribution in [0.2, 0.25) is 0 Å². The van der Waals surface area contributed by atoms with Crippen LogP contribution in [0.25, 0.3) is 0 Å². The Morgan fingerprint density at radius 3 is 2.80 bits per heavy atom. The number of carbonyl (C=O) groups excluding carboxylic acids is 1. The van der Waals surface area contributed by atoms with E-state index in [9.17, 15) is 9.90 Å². The molecule has 1 atom stereocenters.